The van der Waals surface area contributed by atoms with E-state index >= 15 is 0 Å². The third kappa shape index (κ3) is 1.51. The monoisotopic (exact) mass is 198 g/mol. The third-order valence-corrected chi connectivity index (χ3v) is 3.05. The minimum Gasteiger partial charge on any atom is -0.480 e. The largest absolute Gasteiger partial charge is 0.480 e. The number of hydrogen-bond acceptors (Lipinski definition) is 4. The maximum Gasteiger partial charge on any atom is 0.326 e. The molecule has 1 atom stereocenters. The molecule has 1 saturated heterocycles. The molecule has 1 aliphatic rings. The van der Waals surface area contributed by atoms with E-state index in [2.05, 4.69) is 4.98 Å². The summed E-state index contributed by atoms with van der Waals surface area (Å²) in [5.41, 5.74) is 1.73. The first-order chi connectivity index (χ1) is 6.29. The van der Waals surface area contributed by atoms with E-state index in [1.807, 2.05) is 4.90 Å². The summed E-state index contributed by atoms with van der Waals surface area (Å²) in [4.78, 5) is 16.7. The Morgan fingerprint density at radius 1 is 1.77 bits per heavy atom. The van der Waals surface area contributed by atoms with Crippen molar-refractivity contribution in [1.82, 2.24) is 4.98 Å². The van der Waals surface area contributed by atoms with Gasteiger partial charge >= 0.3 is 5.97 Å². The summed E-state index contributed by atoms with van der Waals surface area (Å²) in [6, 6.07) is -0.347. The molecule has 4 nitrogen and oxygen atoms in total. The smallest absolute Gasteiger partial charge is 0.326 e. The molecule has 70 valence electrons. The highest BCUT2D eigenvalue weighted by Gasteiger charge is 2.31. The molecule has 0 amide bonds. The van der Waals surface area contributed by atoms with Crippen molar-refractivity contribution < 1.29 is 9.90 Å². The van der Waals surface area contributed by atoms with Gasteiger partial charge in [0, 0.05) is 6.54 Å². The molecule has 0 radical (unpaired) electrons. The minimum atomic E-state index is -0.731. The van der Waals surface area contributed by atoms with Gasteiger partial charge in [0.15, 0.2) is 0 Å². The average molecular weight is 198 g/mol. The Morgan fingerprint density at radius 2 is 2.62 bits per heavy atom. The van der Waals surface area contributed by atoms with Gasteiger partial charge in [0.2, 0.25) is 0 Å². The molecule has 1 unspecified atom stereocenters. The Bertz CT molecular complexity index is 299. The Labute approximate surface area is 79.8 Å². The van der Waals surface area contributed by atoms with E-state index in [1.54, 1.807) is 11.7 Å². The fraction of sp³-hybridized carbons (Fsp3) is 0.500. The second-order valence-corrected chi connectivity index (χ2v) is 3.89. The number of aromatic nitrogens is 1. The van der Waals surface area contributed by atoms with Crippen molar-refractivity contribution in [2.45, 2.75) is 18.9 Å². The standard InChI is InChI=1S/C8H10N2O2S/c11-8(12)6-2-1-3-10(6)7-4-9-5-13-7/h4-6H,1-3H2,(H,11,12). The second kappa shape index (κ2) is 3.33. The van der Waals surface area contributed by atoms with Gasteiger partial charge < -0.3 is 10.0 Å². The van der Waals surface area contributed by atoms with Gasteiger partial charge in [-0.1, -0.05) is 0 Å². The van der Waals surface area contributed by atoms with Gasteiger partial charge in [-0.05, 0) is 12.8 Å². The highest BCUT2D eigenvalue weighted by Crippen LogP contribution is 2.28. The van der Waals surface area contributed by atoms with Crippen molar-refractivity contribution in [3.05, 3.63) is 11.7 Å². The Kier molecular flexibility index (Phi) is 2.18. The summed E-state index contributed by atoms with van der Waals surface area (Å²) in [7, 11) is 0. The number of hydrogen-bond donors (Lipinski definition) is 1. The lowest BCUT2D eigenvalue weighted by atomic mass is 10.2. The maximum absolute atomic E-state index is 10.8. The predicted molar refractivity (Wildman–Crippen MR) is 50.1 cm³/mol. The normalized spacial score (nSPS) is 22.2. The SMILES string of the molecule is O=C(O)C1CCCN1c1cncs1. The Morgan fingerprint density at radius 3 is 3.23 bits per heavy atom. The van der Waals surface area contributed by atoms with Crippen LogP contribution in [0.4, 0.5) is 5.00 Å². The number of carboxylic acids is 1. The summed E-state index contributed by atoms with van der Waals surface area (Å²) < 4.78 is 0. The van der Waals surface area contributed by atoms with E-state index < -0.39 is 5.97 Å². The van der Waals surface area contributed by atoms with Crippen LogP contribution in [0, 0.1) is 0 Å². The van der Waals surface area contributed by atoms with Gasteiger partial charge in [-0.25, -0.2) is 4.79 Å². The number of anilines is 1. The number of thiazole rings is 1. The molecule has 0 spiro atoms. The van der Waals surface area contributed by atoms with Crippen LogP contribution in [-0.2, 0) is 4.79 Å². The van der Waals surface area contributed by atoms with Crippen molar-refractivity contribution in [3.8, 4) is 0 Å². The summed E-state index contributed by atoms with van der Waals surface area (Å²) >= 11 is 1.49. The molecular weight excluding hydrogens is 188 g/mol. The molecule has 2 heterocycles. The first-order valence-corrected chi connectivity index (χ1v) is 5.05. The molecule has 1 aromatic heterocycles. The highest BCUT2D eigenvalue weighted by atomic mass is 32.1. The van der Waals surface area contributed by atoms with Crippen molar-refractivity contribution >= 4 is 22.3 Å². The zero-order chi connectivity index (χ0) is 9.26. The molecule has 2 rings (SSSR count). The quantitative estimate of drug-likeness (QED) is 0.775. The summed E-state index contributed by atoms with van der Waals surface area (Å²) in [6.45, 7) is 0.833. The van der Waals surface area contributed by atoms with Crippen molar-refractivity contribution in [3.63, 3.8) is 0 Å². The Balaban J connectivity index is 2.19. The van der Waals surface area contributed by atoms with E-state index in [9.17, 15) is 4.79 Å². The number of aliphatic carboxylic acids is 1. The molecule has 1 aromatic rings. The van der Waals surface area contributed by atoms with Crippen LogP contribution in [-0.4, -0.2) is 28.6 Å². The third-order valence-electron chi connectivity index (χ3n) is 2.24. The fourth-order valence-electron chi connectivity index (χ4n) is 1.64. The Hall–Kier alpha value is -1.10. The van der Waals surface area contributed by atoms with E-state index in [1.165, 1.54) is 11.3 Å². The molecule has 1 aliphatic heterocycles. The van der Waals surface area contributed by atoms with Crippen LogP contribution in [0.1, 0.15) is 12.8 Å². The topological polar surface area (TPSA) is 53.4 Å². The van der Waals surface area contributed by atoms with E-state index in [0.717, 1.165) is 24.4 Å². The zero-order valence-electron chi connectivity index (χ0n) is 7.01. The van der Waals surface area contributed by atoms with E-state index in [-0.39, 0.29) is 6.04 Å². The summed E-state index contributed by atoms with van der Waals surface area (Å²) in [6.07, 6.45) is 3.42. The molecule has 0 aromatic carbocycles. The molecule has 13 heavy (non-hydrogen) atoms. The molecule has 5 heteroatoms. The van der Waals surface area contributed by atoms with E-state index in [4.69, 9.17) is 5.11 Å². The molecule has 0 saturated carbocycles. The highest BCUT2D eigenvalue weighted by molar-refractivity contribution is 7.13. The number of nitrogens with zero attached hydrogens (tertiary/aromatic N) is 2. The lowest BCUT2D eigenvalue weighted by Crippen LogP contribution is -2.35. The molecule has 1 fully saturated rings. The minimum absolute atomic E-state index is 0.347. The van der Waals surface area contributed by atoms with Crippen molar-refractivity contribution in [1.29, 1.82) is 0 Å². The van der Waals surface area contributed by atoms with Crippen LogP contribution in [0.5, 0.6) is 0 Å². The molecule has 0 aliphatic carbocycles. The number of carboxylic acid groups (broad SMARTS) is 1. The van der Waals surface area contributed by atoms with Gasteiger partial charge in [-0.2, -0.15) is 0 Å². The van der Waals surface area contributed by atoms with Crippen LogP contribution < -0.4 is 4.90 Å². The maximum atomic E-state index is 10.8. The fourth-order valence-corrected chi connectivity index (χ4v) is 2.34. The van der Waals surface area contributed by atoms with Crippen LogP contribution in [0.2, 0.25) is 0 Å². The van der Waals surface area contributed by atoms with Crippen LogP contribution in [0.25, 0.3) is 0 Å². The summed E-state index contributed by atoms with van der Waals surface area (Å²) in [5, 5.41) is 9.89. The number of carbonyl (C=O) groups is 1. The van der Waals surface area contributed by atoms with Crippen LogP contribution >= 0.6 is 11.3 Å². The van der Waals surface area contributed by atoms with Gasteiger partial charge in [-0.3, -0.25) is 4.98 Å². The average Bonchev–Trinajstić information content (AvgIpc) is 2.74. The number of rotatable bonds is 2. The van der Waals surface area contributed by atoms with Gasteiger partial charge in [0.1, 0.15) is 11.0 Å². The van der Waals surface area contributed by atoms with Gasteiger partial charge in [0.25, 0.3) is 0 Å². The van der Waals surface area contributed by atoms with Gasteiger partial charge in [0.05, 0.1) is 11.7 Å². The predicted octanol–water partition coefficient (Wildman–Crippen LogP) is 1.20. The van der Waals surface area contributed by atoms with Crippen molar-refractivity contribution in [2.24, 2.45) is 0 Å². The summed E-state index contributed by atoms with van der Waals surface area (Å²) in [5.74, 6) is -0.731. The zero-order valence-corrected chi connectivity index (χ0v) is 7.83. The second-order valence-electron chi connectivity index (χ2n) is 3.03. The van der Waals surface area contributed by atoms with E-state index in [0.29, 0.717) is 0 Å². The first-order valence-electron chi connectivity index (χ1n) is 4.17. The van der Waals surface area contributed by atoms with Crippen LogP contribution in [0.3, 0.4) is 0 Å². The van der Waals surface area contributed by atoms with Crippen molar-refractivity contribution in [2.75, 3.05) is 11.4 Å². The molecule has 1 N–H and O–H groups in total. The molecular formula is C8H10N2O2S. The molecule has 0 bridgehead atoms. The van der Waals surface area contributed by atoms with Gasteiger partial charge in [-0.15, -0.1) is 11.3 Å². The first kappa shape index (κ1) is 8.50. The lowest BCUT2D eigenvalue weighted by molar-refractivity contribution is -0.138. The van der Waals surface area contributed by atoms with Crippen LogP contribution in [0.15, 0.2) is 11.7 Å². The lowest BCUT2D eigenvalue weighted by Gasteiger charge is -2.20.